The summed E-state index contributed by atoms with van der Waals surface area (Å²) in [4.78, 5) is 19.5. The Morgan fingerprint density at radius 2 is 2.06 bits per heavy atom. The molecule has 0 spiro atoms. The normalized spacial score (nSPS) is 10.4. The van der Waals surface area contributed by atoms with E-state index in [1.165, 1.54) is 6.92 Å². The minimum Gasteiger partial charge on any atom is -0.311 e. The van der Waals surface area contributed by atoms with Crippen molar-refractivity contribution in [2.24, 2.45) is 0 Å². The van der Waals surface area contributed by atoms with Gasteiger partial charge < -0.3 is 5.32 Å². The van der Waals surface area contributed by atoms with E-state index in [4.69, 9.17) is 0 Å². The summed E-state index contributed by atoms with van der Waals surface area (Å²) < 4.78 is 0. The highest BCUT2D eigenvalue weighted by atomic mass is 79.9. The highest BCUT2D eigenvalue weighted by Gasteiger charge is 2.02. The summed E-state index contributed by atoms with van der Waals surface area (Å²) in [5, 5.41) is 4.28. The number of fused-ring (bicyclic) bond motifs is 1. The monoisotopic (exact) mass is 279 g/mol. The third-order valence-corrected chi connectivity index (χ3v) is 2.63. The summed E-state index contributed by atoms with van der Waals surface area (Å²) in [6.45, 7) is 1.45. The lowest BCUT2D eigenvalue weighted by molar-refractivity contribution is -0.114. The van der Waals surface area contributed by atoms with Gasteiger partial charge in [-0.2, -0.15) is 0 Å². The fraction of sp³-hybridized carbons (Fsp3) is 0.182. The van der Waals surface area contributed by atoms with Gasteiger partial charge in [-0.15, -0.1) is 0 Å². The standard InChI is InChI=1S/C11H10BrN3O/c1-7(16)13-10-5-3-8-2-4-9(6-12)14-11(8)15-10/h2-5H,6H2,1H3,(H,13,14,15,16). The van der Waals surface area contributed by atoms with E-state index in [9.17, 15) is 4.79 Å². The predicted molar refractivity (Wildman–Crippen MR) is 66.5 cm³/mol. The first-order chi connectivity index (χ1) is 7.69. The van der Waals surface area contributed by atoms with Crippen molar-refractivity contribution in [2.75, 3.05) is 5.32 Å². The molecule has 0 unspecified atom stereocenters. The van der Waals surface area contributed by atoms with Crippen molar-refractivity contribution in [1.29, 1.82) is 0 Å². The molecule has 1 N–H and O–H groups in total. The molecule has 0 aliphatic heterocycles. The number of rotatable bonds is 2. The predicted octanol–water partition coefficient (Wildman–Crippen LogP) is 2.48. The van der Waals surface area contributed by atoms with Gasteiger partial charge in [0.1, 0.15) is 5.82 Å². The van der Waals surface area contributed by atoms with Crippen LogP contribution in [0, 0.1) is 0 Å². The van der Waals surface area contributed by atoms with Crippen molar-refractivity contribution in [3.8, 4) is 0 Å². The van der Waals surface area contributed by atoms with Crippen molar-refractivity contribution < 1.29 is 4.79 Å². The number of carbonyl (C=O) groups is 1. The maximum absolute atomic E-state index is 10.9. The average molecular weight is 280 g/mol. The highest BCUT2D eigenvalue weighted by Crippen LogP contribution is 2.15. The Kier molecular flexibility index (Phi) is 3.14. The Labute approximate surface area is 101 Å². The van der Waals surface area contributed by atoms with Crippen LogP contribution in [-0.4, -0.2) is 15.9 Å². The number of hydrogen-bond acceptors (Lipinski definition) is 3. The van der Waals surface area contributed by atoms with E-state index < -0.39 is 0 Å². The lowest BCUT2D eigenvalue weighted by Gasteiger charge is -2.03. The number of carbonyl (C=O) groups excluding carboxylic acids is 1. The summed E-state index contributed by atoms with van der Waals surface area (Å²) in [7, 11) is 0. The summed E-state index contributed by atoms with van der Waals surface area (Å²) in [6, 6.07) is 7.55. The third kappa shape index (κ3) is 2.36. The van der Waals surface area contributed by atoms with Crippen LogP contribution in [0.5, 0.6) is 0 Å². The van der Waals surface area contributed by atoms with Crippen LogP contribution in [-0.2, 0) is 10.1 Å². The van der Waals surface area contributed by atoms with Gasteiger partial charge >= 0.3 is 0 Å². The third-order valence-electron chi connectivity index (χ3n) is 2.05. The van der Waals surface area contributed by atoms with Gasteiger partial charge in [-0.3, -0.25) is 4.79 Å². The summed E-state index contributed by atoms with van der Waals surface area (Å²) in [5.74, 6) is 0.391. The van der Waals surface area contributed by atoms with Crippen molar-refractivity contribution >= 4 is 38.7 Å². The van der Waals surface area contributed by atoms with Gasteiger partial charge in [-0.05, 0) is 24.3 Å². The Morgan fingerprint density at radius 1 is 1.31 bits per heavy atom. The molecule has 0 atom stereocenters. The smallest absolute Gasteiger partial charge is 0.222 e. The minimum atomic E-state index is -0.136. The SMILES string of the molecule is CC(=O)Nc1ccc2ccc(CBr)nc2n1. The number of amides is 1. The van der Waals surface area contributed by atoms with E-state index >= 15 is 0 Å². The topological polar surface area (TPSA) is 54.9 Å². The lowest BCUT2D eigenvalue weighted by atomic mass is 10.2. The molecule has 82 valence electrons. The summed E-state index contributed by atoms with van der Waals surface area (Å²) in [6.07, 6.45) is 0. The van der Waals surface area contributed by atoms with Crippen LogP contribution < -0.4 is 5.32 Å². The van der Waals surface area contributed by atoms with Gasteiger partial charge in [0.2, 0.25) is 5.91 Å². The molecule has 5 heteroatoms. The summed E-state index contributed by atoms with van der Waals surface area (Å²) >= 11 is 3.34. The molecule has 1 amide bonds. The first kappa shape index (κ1) is 11.0. The second-order valence-electron chi connectivity index (χ2n) is 3.36. The fourth-order valence-electron chi connectivity index (χ4n) is 1.36. The van der Waals surface area contributed by atoms with E-state index in [0.717, 1.165) is 11.1 Å². The van der Waals surface area contributed by atoms with Gasteiger partial charge in [0.25, 0.3) is 0 Å². The second-order valence-corrected chi connectivity index (χ2v) is 3.92. The van der Waals surface area contributed by atoms with Crippen molar-refractivity contribution in [3.63, 3.8) is 0 Å². The van der Waals surface area contributed by atoms with Gasteiger partial charge in [0, 0.05) is 17.6 Å². The van der Waals surface area contributed by atoms with Crippen LogP contribution >= 0.6 is 15.9 Å². The average Bonchev–Trinajstić information content (AvgIpc) is 2.27. The molecule has 2 heterocycles. The van der Waals surface area contributed by atoms with Gasteiger partial charge in [-0.1, -0.05) is 15.9 Å². The molecule has 16 heavy (non-hydrogen) atoms. The Hall–Kier alpha value is -1.49. The molecular weight excluding hydrogens is 270 g/mol. The molecule has 2 rings (SSSR count). The molecule has 0 fully saturated rings. The zero-order valence-corrected chi connectivity index (χ0v) is 10.3. The largest absolute Gasteiger partial charge is 0.311 e. The first-order valence-corrected chi connectivity index (χ1v) is 5.91. The maximum Gasteiger partial charge on any atom is 0.222 e. The van der Waals surface area contributed by atoms with E-state index in [-0.39, 0.29) is 5.91 Å². The van der Waals surface area contributed by atoms with E-state index in [1.54, 1.807) is 6.07 Å². The molecule has 0 saturated heterocycles. The van der Waals surface area contributed by atoms with E-state index in [0.29, 0.717) is 16.8 Å². The number of anilines is 1. The van der Waals surface area contributed by atoms with Crippen molar-refractivity contribution in [1.82, 2.24) is 9.97 Å². The zero-order chi connectivity index (χ0) is 11.5. The number of nitrogens with one attached hydrogen (secondary N) is 1. The molecule has 2 aromatic heterocycles. The van der Waals surface area contributed by atoms with Crippen molar-refractivity contribution in [3.05, 3.63) is 30.0 Å². The second kappa shape index (κ2) is 4.57. The molecule has 0 aliphatic rings. The number of alkyl halides is 1. The van der Waals surface area contributed by atoms with Crippen LogP contribution in [0.15, 0.2) is 24.3 Å². The Balaban J connectivity index is 2.46. The molecular formula is C11H10BrN3O. The van der Waals surface area contributed by atoms with Gasteiger partial charge in [0.15, 0.2) is 5.65 Å². The fourth-order valence-corrected chi connectivity index (χ4v) is 1.67. The molecule has 4 nitrogen and oxygen atoms in total. The van der Waals surface area contributed by atoms with Crippen LogP contribution in [0.25, 0.3) is 11.0 Å². The molecule has 0 aliphatic carbocycles. The van der Waals surface area contributed by atoms with Gasteiger partial charge in [0.05, 0.1) is 5.69 Å². The number of aromatic nitrogens is 2. The Bertz CT molecular complexity index is 542. The molecule has 0 bridgehead atoms. The quantitative estimate of drug-likeness (QED) is 0.860. The number of nitrogens with zero attached hydrogens (tertiary/aromatic N) is 2. The molecule has 0 radical (unpaired) electrons. The molecule has 0 aromatic carbocycles. The van der Waals surface area contributed by atoms with Crippen LogP contribution in [0.2, 0.25) is 0 Å². The lowest BCUT2D eigenvalue weighted by Crippen LogP contribution is -2.07. The minimum absolute atomic E-state index is 0.136. The van der Waals surface area contributed by atoms with Crippen molar-refractivity contribution in [2.45, 2.75) is 12.3 Å². The van der Waals surface area contributed by atoms with Crippen LogP contribution in [0.3, 0.4) is 0 Å². The Morgan fingerprint density at radius 3 is 2.75 bits per heavy atom. The maximum atomic E-state index is 10.9. The van der Waals surface area contributed by atoms with Crippen LogP contribution in [0.4, 0.5) is 5.82 Å². The molecule has 2 aromatic rings. The summed E-state index contributed by atoms with van der Waals surface area (Å²) in [5.41, 5.74) is 1.56. The number of pyridine rings is 2. The van der Waals surface area contributed by atoms with E-state index in [1.807, 2.05) is 18.2 Å². The molecule has 0 saturated carbocycles. The number of hydrogen-bond donors (Lipinski definition) is 1. The first-order valence-electron chi connectivity index (χ1n) is 4.79. The van der Waals surface area contributed by atoms with Gasteiger partial charge in [-0.25, -0.2) is 9.97 Å². The van der Waals surface area contributed by atoms with E-state index in [2.05, 4.69) is 31.2 Å². The number of halogens is 1. The van der Waals surface area contributed by atoms with Crippen LogP contribution in [0.1, 0.15) is 12.6 Å². The highest BCUT2D eigenvalue weighted by molar-refractivity contribution is 9.08. The zero-order valence-electron chi connectivity index (χ0n) is 8.70.